The van der Waals surface area contributed by atoms with E-state index in [0.29, 0.717) is 10.6 Å². The third-order valence-electron chi connectivity index (χ3n) is 3.58. The number of quaternary nitrogens is 1. The molecule has 0 bridgehead atoms. The van der Waals surface area contributed by atoms with E-state index in [9.17, 15) is 22.8 Å². The van der Waals surface area contributed by atoms with Crippen LogP contribution in [0.25, 0.3) is 0 Å². The summed E-state index contributed by atoms with van der Waals surface area (Å²) in [6.45, 7) is -0.175. The Morgan fingerprint density at radius 3 is 1.96 bits per heavy atom. The molecule has 0 fully saturated rings. The summed E-state index contributed by atoms with van der Waals surface area (Å²) in [4.78, 5) is 24.7. The van der Waals surface area contributed by atoms with Crippen LogP contribution in [0.4, 0.5) is 24.5 Å². The van der Waals surface area contributed by atoms with Gasteiger partial charge in [0.2, 0.25) is 0 Å². The highest BCUT2D eigenvalue weighted by Gasteiger charge is 2.33. The zero-order valence-corrected chi connectivity index (χ0v) is 15.9. The predicted octanol–water partition coefficient (Wildman–Crippen LogP) is 2.56. The number of hydrogen-bond donors (Lipinski definition) is 3. The van der Waals surface area contributed by atoms with Crippen LogP contribution in [0.2, 0.25) is 0 Å². The second-order valence-corrected chi connectivity index (χ2v) is 6.78. The molecule has 144 valence electrons. The Morgan fingerprint density at radius 1 is 0.926 bits per heavy atom. The van der Waals surface area contributed by atoms with Crippen molar-refractivity contribution in [3.05, 3.63) is 58.6 Å². The van der Waals surface area contributed by atoms with E-state index in [1.54, 1.807) is 31.3 Å². The Labute approximate surface area is 162 Å². The van der Waals surface area contributed by atoms with Crippen molar-refractivity contribution in [2.45, 2.75) is 6.18 Å². The number of carbonyl (C=O) groups excluding carboxylic acids is 2. The van der Waals surface area contributed by atoms with Crippen molar-refractivity contribution in [1.29, 1.82) is 0 Å². The molecular weight excluding hydrogens is 427 g/mol. The first-order valence-corrected chi connectivity index (χ1v) is 8.78. The average molecular weight is 445 g/mol. The monoisotopic (exact) mass is 444 g/mol. The van der Waals surface area contributed by atoms with Gasteiger partial charge in [-0.05, 0) is 40.2 Å². The molecule has 27 heavy (non-hydrogen) atoms. The number of para-hydroxylation sites is 2. The van der Waals surface area contributed by atoms with Crippen molar-refractivity contribution in [2.24, 2.45) is 0 Å². The molecule has 0 aromatic heterocycles. The van der Waals surface area contributed by atoms with E-state index in [4.69, 9.17) is 0 Å². The third-order valence-corrected chi connectivity index (χ3v) is 4.27. The summed E-state index contributed by atoms with van der Waals surface area (Å²) in [6, 6.07) is 11.8. The first kappa shape index (κ1) is 20.9. The van der Waals surface area contributed by atoms with Crippen LogP contribution < -0.4 is 15.5 Å². The SMILES string of the molecule is C[NH+](CC(=O)Nc1ccccc1Br)CC(=O)Nc1ccccc1C(F)(F)F. The third kappa shape index (κ3) is 6.37. The van der Waals surface area contributed by atoms with Gasteiger partial charge in [-0.3, -0.25) is 9.59 Å². The minimum atomic E-state index is -4.56. The molecule has 2 amide bonds. The van der Waals surface area contributed by atoms with Gasteiger partial charge in [0.15, 0.2) is 13.1 Å². The quantitative estimate of drug-likeness (QED) is 0.641. The van der Waals surface area contributed by atoms with Gasteiger partial charge in [-0.1, -0.05) is 24.3 Å². The number of nitrogens with one attached hydrogen (secondary N) is 3. The fourth-order valence-electron chi connectivity index (χ4n) is 2.40. The number of benzene rings is 2. The number of halogens is 4. The van der Waals surface area contributed by atoms with E-state index in [-0.39, 0.29) is 24.7 Å². The lowest BCUT2D eigenvalue weighted by molar-refractivity contribution is -0.862. The van der Waals surface area contributed by atoms with Crippen molar-refractivity contribution in [3.63, 3.8) is 0 Å². The van der Waals surface area contributed by atoms with Gasteiger partial charge in [0.1, 0.15) is 0 Å². The maximum Gasteiger partial charge on any atom is 0.418 e. The molecule has 0 saturated heterocycles. The number of amides is 2. The first-order valence-electron chi connectivity index (χ1n) is 7.98. The van der Waals surface area contributed by atoms with Crippen molar-refractivity contribution in [1.82, 2.24) is 0 Å². The number of alkyl halides is 3. The molecular formula is C18H18BrF3N3O2+. The lowest BCUT2D eigenvalue weighted by Gasteiger charge is -2.16. The molecule has 0 spiro atoms. The highest BCUT2D eigenvalue weighted by Crippen LogP contribution is 2.34. The van der Waals surface area contributed by atoms with Crippen LogP contribution in [0.15, 0.2) is 53.0 Å². The first-order chi connectivity index (χ1) is 12.7. The van der Waals surface area contributed by atoms with Crippen LogP contribution in [-0.2, 0) is 15.8 Å². The number of rotatable bonds is 6. The summed E-state index contributed by atoms with van der Waals surface area (Å²) in [7, 11) is 1.61. The Hall–Kier alpha value is -2.39. The van der Waals surface area contributed by atoms with Crippen molar-refractivity contribution in [3.8, 4) is 0 Å². The fraction of sp³-hybridized carbons (Fsp3) is 0.222. The molecule has 0 heterocycles. The maximum atomic E-state index is 13.0. The van der Waals surface area contributed by atoms with Crippen LogP contribution >= 0.6 is 15.9 Å². The molecule has 1 unspecified atom stereocenters. The van der Waals surface area contributed by atoms with Gasteiger partial charge in [-0.25, -0.2) is 0 Å². The number of carbonyl (C=O) groups is 2. The van der Waals surface area contributed by atoms with Crippen LogP contribution in [0.1, 0.15) is 5.56 Å². The minimum absolute atomic E-state index is 0.0182. The second-order valence-electron chi connectivity index (χ2n) is 5.93. The van der Waals surface area contributed by atoms with Gasteiger partial charge in [-0.2, -0.15) is 13.2 Å². The van der Waals surface area contributed by atoms with Gasteiger partial charge < -0.3 is 15.5 Å². The normalized spacial score (nSPS) is 12.3. The second kappa shape index (κ2) is 9.01. The molecule has 0 aliphatic carbocycles. The molecule has 3 N–H and O–H groups in total. The van der Waals surface area contributed by atoms with Crippen LogP contribution in [0.5, 0.6) is 0 Å². The maximum absolute atomic E-state index is 13.0. The molecule has 0 saturated carbocycles. The van der Waals surface area contributed by atoms with Crippen LogP contribution in [-0.4, -0.2) is 32.0 Å². The van der Waals surface area contributed by atoms with E-state index in [0.717, 1.165) is 10.5 Å². The lowest BCUT2D eigenvalue weighted by atomic mass is 10.1. The predicted molar refractivity (Wildman–Crippen MR) is 99.5 cm³/mol. The van der Waals surface area contributed by atoms with Crippen molar-refractivity contribution in [2.75, 3.05) is 30.8 Å². The van der Waals surface area contributed by atoms with E-state index in [2.05, 4.69) is 26.6 Å². The topological polar surface area (TPSA) is 62.6 Å². The summed E-state index contributed by atoms with van der Waals surface area (Å²) < 4.78 is 39.6. The van der Waals surface area contributed by atoms with Crippen LogP contribution in [0, 0.1) is 0 Å². The minimum Gasteiger partial charge on any atom is -0.322 e. The molecule has 1 atom stereocenters. The molecule has 0 aliphatic rings. The highest BCUT2D eigenvalue weighted by atomic mass is 79.9. The Morgan fingerprint density at radius 2 is 1.41 bits per heavy atom. The summed E-state index contributed by atoms with van der Waals surface area (Å²) in [6.07, 6.45) is -4.56. The highest BCUT2D eigenvalue weighted by molar-refractivity contribution is 9.10. The van der Waals surface area contributed by atoms with Gasteiger partial charge in [-0.15, -0.1) is 0 Å². The van der Waals surface area contributed by atoms with Crippen molar-refractivity contribution < 1.29 is 27.7 Å². The van der Waals surface area contributed by atoms with Crippen molar-refractivity contribution >= 4 is 39.1 Å². The van der Waals surface area contributed by atoms with E-state index >= 15 is 0 Å². The van der Waals surface area contributed by atoms with Gasteiger partial charge in [0.25, 0.3) is 11.8 Å². The molecule has 0 aliphatic heterocycles. The lowest BCUT2D eigenvalue weighted by Crippen LogP contribution is -3.11. The smallest absolute Gasteiger partial charge is 0.322 e. The Bertz CT molecular complexity index is 827. The summed E-state index contributed by atoms with van der Waals surface area (Å²) in [5.74, 6) is -0.930. The summed E-state index contributed by atoms with van der Waals surface area (Å²) in [5, 5.41) is 4.97. The van der Waals surface area contributed by atoms with Crippen LogP contribution in [0.3, 0.4) is 0 Å². The average Bonchev–Trinajstić information content (AvgIpc) is 2.56. The summed E-state index contributed by atoms with van der Waals surface area (Å²) in [5.41, 5.74) is -0.623. The van der Waals surface area contributed by atoms with Gasteiger partial charge in [0.05, 0.1) is 24.0 Å². The van der Waals surface area contributed by atoms with Gasteiger partial charge >= 0.3 is 6.18 Å². The zero-order chi connectivity index (χ0) is 20.0. The number of likely N-dealkylation sites (N-methyl/N-ethyl adjacent to an activating group) is 1. The Kier molecular flexibility index (Phi) is 6.98. The molecule has 5 nitrogen and oxygen atoms in total. The Balaban J connectivity index is 1.91. The standard InChI is InChI=1S/C18H17BrF3N3O2/c1-25(11-17(27)24-15-9-5-3-7-13(15)19)10-16(26)23-14-8-4-2-6-12(14)18(20,21)22/h2-9H,10-11H2,1H3,(H,23,26)(H,24,27)/p+1. The molecule has 2 rings (SSSR count). The largest absolute Gasteiger partial charge is 0.418 e. The molecule has 2 aromatic rings. The number of hydrogen-bond acceptors (Lipinski definition) is 2. The summed E-state index contributed by atoms with van der Waals surface area (Å²) >= 11 is 3.31. The van der Waals surface area contributed by atoms with E-state index < -0.39 is 17.6 Å². The number of anilines is 2. The zero-order valence-electron chi connectivity index (χ0n) is 14.4. The van der Waals surface area contributed by atoms with E-state index in [1.807, 2.05) is 0 Å². The molecule has 0 radical (unpaired) electrons. The molecule has 2 aromatic carbocycles. The van der Waals surface area contributed by atoms with Gasteiger partial charge in [0, 0.05) is 4.47 Å². The van der Waals surface area contributed by atoms with E-state index in [1.165, 1.54) is 18.2 Å². The fourth-order valence-corrected chi connectivity index (χ4v) is 2.79. The molecule has 9 heteroatoms.